The van der Waals surface area contributed by atoms with Crippen molar-refractivity contribution >= 4 is 15.9 Å². The monoisotopic (exact) mass is 266 g/mol. The first-order valence-corrected chi connectivity index (χ1v) is 5.38. The van der Waals surface area contributed by atoms with E-state index in [1.165, 1.54) is 5.56 Å². The highest BCUT2D eigenvalue weighted by Crippen LogP contribution is 2.14. The molecule has 0 radical (unpaired) electrons. The fraction of sp³-hybridized carbons (Fsp3) is 0.182. The Kier molecular flexibility index (Phi) is 3.06. The van der Waals surface area contributed by atoms with Crippen molar-refractivity contribution in [2.75, 3.05) is 7.11 Å². The van der Waals surface area contributed by atoms with Gasteiger partial charge < -0.3 is 4.74 Å². The molecule has 0 aliphatic carbocycles. The summed E-state index contributed by atoms with van der Waals surface area (Å²) in [5.74, 6) is 0.874. The van der Waals surface area contributed by atoms with E-state index in [2.05, 4.69) is 27.1 Å². The van der Waals surface area contributed by atoms with E-state index in [1.54, 1.807) is 13.3 Å². The zero-order chi connectivity index (χ0) is 10.7. The van der Waals surface area contributed by atoms with Crippen LogP contribution in [0.4, 0.5) is 0 Å². The zero-order valence-electron chi connectivity index (χ0n) is 8.35. The normalized spacial score (nSPS) is 10.3. The highest BCUT2D eigenvalue weighted by Gasteiger charge is 1.98. The summed E-state index contributed by atoms with van der Waals surface area (Å²) in [6, 6.07) is 7.98. The molecule has 1 aromatic carbocycles. The van der Waals surface area contributed by atoms with Crippen molar-refractivity contribution in [1.82, 2.24) is 9.78 Å². The van der Waals surface area contributed by atoms with E-state index in [9.17, 15) is 0 Å². The van der Waals surface area contributed by atoms with E-state index in [0.717, 1.165) is 16.8 Å². The lowest BCUT2D eigenvalue weighted by Gasteiger charge is -2.04. The van der Waals surface area contributed by atoms with Crippen LogP contribution in [0.3, 0.4) is 0 Å². The van der Waals surface area contributed by atoms with Gasteiger partial charge in [-0.3, -0.25) is 4.68 Å². The molecule has 0 aliphatic rings. The van der Waals surface area contributed by atoms with Crippen molar-refractivity contribution in [3.05, 3.63) is 46.7 Å². The second-order valence-electron chi connectivity index (χ2n) is 3.21. The van der Waals surface area contributed by atoms with Gasteiger partial charge in [-0.05, 0) is 33.6 Å². The number of methoxy groups -OCH3 is 1. The van der Waals surface area contributed by atoms with Gasteiger partial charge in [0.25, 0.3) is 0 Å². The van der Waals surface area contributed by atoms with E-state index >= 15 is 0 Å². The Morgan fingerprint density at radius 3 is 3.00 bits per heavy atom. The largest absolute Gasteiger partial charge is 0.497 e. The molecule has 0 fully saturated rings. The Hall–Kier alpha value is -1.29. The maximum atomic E-state index is 5.16. The van der Waals surface area contributed by atoms with Gasteiger partial charge in [0.1, 0.15) is 5.75 Å². The Labute approximate surface area is 96.8 Å². The zero-order valence-corrected chi connectivity index (χ0v) is 9.94. The molecular weight excluding hydrogens is 256 g/mol. The van der Waals surface area contributed by atoms with Crippen LogP contribution in [-0.2, 0) is 6.54 Å². The van der Waals surface area contributed by atoms with Gasteiger partial charge in [0.05, 0.1) is 24.3 Å². The minimum Gasteiger partial charge on any atom is -0.497 e. The summed E-state index contributed by atoms with van der Waals surface area (Å²) in [4.78, 5) is 0. The molecule has 3 nitrogen and oxygen atoms in total. The van der Waals surface area contributed by atoms with Gasteiger partial charge in [0.15, 0.2) is 0 Å². The Bertz CT molecular complexity index is 453. The number of nitrogens with zero attached hydrogens (tertiary/aromatic N) is 2. The van der Waals surface area contributed by atoms with Gasteiger partial charge in [0.2, 0.25) is 0 Å². The molecule has 1 heterocycles. The third-order valence-electron chi connectivity index (χ3n) is 2.08. The van der Waals surface area contributed by atoms with Crippen molar-refractivity contribution in [1.29, 1.82) is 0 Å². The van der Waals surface area contributed by atoms with E-state index in [1.807, 2.05) is 29.1 Å². The van der Waals surface area contributed by atoms with Crippen LogP contribution in [0.15, 0.2) is 41.1 Å². The molecule has 15 heavy (non-hydrogen) atoms. The fourth-order valence-corrected chi connectivity index (χ4v) is 1.71. The van der Waals surface area contributed by atoms with Crippen molar-refractivity contribution in [3.63, 3.8) is 0 Å². The summed E-state index contributed by atoms with van der Waals surface area (Å²) >= 11 is 3.37. The van der Waals surface area contributed by atoms with Crippen molar-refractivity contribution in [2.24, 2.45) is 0 Å². The quantitative estimate of drug-likeness (QED) is 0.854. The number of aromatic nitrogens is 2. The predicted octanol–water partition coefficient (Wildman–Crippen LogP) is 2.70. The van der Waals surface area contributed by atoms with Gasteiger partial charge in [-0.25, -0.2) is 0 Å². The SMILES string of the molecule is COc1cccc(Cn2cc(Br)cn2)c1. The molecule has 0 saturated carbocycles. The first kappa shape index (κ1) is 10.2. The number of ether oxygens (including phenoxy) is 1. The van der Waals surface area contributed by atoms with Crippen LogP contribution in [0, 0.1) is 0 Å². The minimum absolute atomic E-state index is 0.753. The maximum Gasteiger partial charge on any atom is 0.119 e. The van der Waals surface area contributed by atoms with Crippen LogP contribution in [0.2, 0.25) is 0 Å². The first-order chi connectivity index (χ1) is 7.28. The number of halogens is 1. The molecule has 2 aromatic rings. The van der Waals surface area contributed by atoms with Crippen LogP contribution in [0.1, 0.15) is 5.56 Å². The molecule has 0 unspecified atom stereocenters. The lowest BCUT2D eigenvalue weighted by molar-refractivity contribution is 0.414. The average Bonchev–Trinajstić information content (AvgIpc) is 2.64. The molecule has 4 heteroatoms. The Morgan fingerprint density at radius 2 is 2.33 bits per heavy atom. The van der Waals surface area contributed by atoms with Crippen molar-refractivity contribution in [3.8, 4) is 5.75 Å². The van der Waals surface area contributed by atoms with Gasteiger partial charge in [-0.1, -0.05) is 12.1 Å². The molecule has 0 atom stereocenters. The highest BCUT2D eigenvalue weighted by atomic mass is 79.9. The molecular formula is C11H11BrN2O. The summed E-state index contributed by atoms with van der Waals surface area (Å²) in [6.07, 6.45) is 3.72. The van der Waals surface area contributed by atoms with E-state index in [0.29, 0.717) is 0 Å². The van der Waals surface area contributed by atoms with Crippen LogP contribution >= 0.6 is 15.9 Å². The topological polar surface area (TPSA) is 27.1 Å². The maximum absolute atomic E-state index is 5.16. The summed E-state index contributed by atoms with van der Waals surface area (Å²) in [5, 5.41) is 4.20. The fourth-order valence-electron chi connectivity index (χ4n) is 1.38. The van der Waals surface area contributed by atoms with Crippen LogP contribution < -0.4 is 4.74 Å². The van der Waals surface area contributed by atoms with Crippen molar-refractivity contribution in [2.45, 2.75) is 6.54 Å². The number of rotatable bonds is 3. The third kappa shape index (κ3) is 2.59. The number of hydrogen-bond acceptors (Lipinski definition) is 2. The second-order valence-corrected chi connectivity index (χ2v) is 4.12. The van der Waals surface area contributed by atoms with Crippen LogP contribution in [0.25, 0.3) is 0 Å². The summed E-state index contributed by atoms with van der Waals surface area (Å²) < 4.78 is 8.02. The lowest BCUT2D eigenvalue weighted by atomic mass is 10.2. The molecule has 0 amide bonds. The smallest absolute Gasteiger partial charge is 0.119 e. The van der Waals surface area contributed by atoms with Gasteiger partial charge >= 0.3 is 0 Å². The third-order valence-corrected chi connectivity index (χ3v) is 2.49. The molecule has 1 aromatic heterocycles. The van der Waals surface area contributed by atoms with Crippen molar-refractivity contribution < 1.29 is 4.74 Å². The molecule has 0 aliphatic heterocycles. The summed E-state index contributed by atoms with van der Waals surface area (Å²) in [5.41, 5.74) is 1.17. The second kappa shape index (κ2) is 4.49. The molecule has 0 N–H and O–H groups in total. The Morgan fingerprint density at radius 1 is 1.47 bits per heavy atom. The van der Waals surface area contributed by atoms with Gasteiger partial charge in [0, 0.05) is 6.20 Å². The summed E-state index contributed by atoms with van der Waals surface area (Å²) in [7, 11) is 1.67. The molecule has 78 valence electrons. The van der Waals surface area contributed by atoms with E-state index in [4.69, 9.17) is 4.74 Å². The minimum atomic E-state index is 0.753. The number of hydrogen-bond donors (Lipinski definition) is 0. The standard InChI is InChI=1S/C11H11BrN2O/c1-15-11-4-2-3-9(5-11)7-14-8-10(12)6-13-14/h2-6,8H,7H2,1H3. The number of benzene rings is 1. The summed E-state index contributed by atoms with van der Waals surface area (Å²) in [6.45, 7) is 0.753. The molecule has 0 spiro atoms. The highest BCUT2D eigenvalue weighted by molar-refractivity contribution is 9.10. The Balaban J connectivity index is 2.16. The molecule has 0 saturated heterocycles. The predicted molar refractivity (Wildman–Crippen MR) is 62.0 cm³/mol. The van der Waals surface area contributed by atoms with Gasteiger partial charge in [-0.15, -0.1) is 0 Å². The van der Waals surface area contributed by atoms with E-state index in [-0.39, 0.29) is 0 Å². The first-order valence-electron chi connectivity index (χ1n) is 4.59. The van der Waals surface area contributed by atoms with Crippen LogP contribution in [-0.4, -0.2) is 16.9 Å². The van der Waals surface area contributed by atoms with E-state index < -0.39 is 0 Å². The molecule has 2 rings (SSSR count). The average molecular weight is 267 g/mol. The molecule has 0 bridgehead atoms. The van der Waals surface area contributed by atoms with Gasteiger partial charge in [-0.2, -0.15) is 5.10 Å². The lowest BCUT2D eigenvalue weighted by Crippen LogP contribution is -1.99. The van der Waals surface area contributed by atoms with Crippen LogP contribution in [0.5, 0.6) is 5.75 Å².